The highest BCUT2D eigenvalue weighted by molar-refractivity contribution is 6.05. The summed E-state index contributed by atoms with van der Waals surface area (Å²) in [4.78, 5) is 16.8. The summed E-state index contributed by atoms with van der Waals surface area (Å²) >= 11 is 0. The normalized spacial score (nSPS) is 18.8. The van der Waals surface area contributed by atoms with Crippen LogP contribution in [-0.2, 0) is 20.9 Å². The van der Waals surface area contributed by atoms with Gasteiger partial charge in [-0.3, -0.25) is 0 Å². The molecule has 0 fully saturated rings. The summed E-state index contributed by atoms with van der Waals surface area (Å²) in [5, 5.41) is 12.2. The summed E-state index contributed by atoms with van der Waals surface area (Å²) in [6.07, 6.45) is -0.464. The van der Waals surface area contributed by atoms with Gasteiger partial charge in [0.05, 0.1) is 5.56 Å². The SMILES string of the molecule is C[C@@H]1OC(c2ccc3ccccc3c2O)=N[C@@H]1C(=O)OCc1ccccc1. The third-order valence-corrected chi connectivity index (χ3v) is 4.59. The van der Waals surface area contributed by atoms with Crippen molar-refractivity contribution in [3.63, 3.8) is 0 Å². The van der Waals surface area contributed by atoms with E-state index in [1.807, 2.05) is 60.7 Å². The molecular weight excluding hydrogens is 342 g/mol. The van der Waals surface area contributed by atoms with Crippen LogP contribution in [0.25, 0.3) is 10.8 Å². The highest BCUT2D eigenvalue weighted by atomic mass is 16.5. The monoisotopic (exact) mass is 361 g/mol. The first-order chi connectivity index (χ1) is 13.1. The van der Waals surface area contributed by atoms with Crippen molar-refractivity contribution in [2.75, 3.05) is 0 Å². The van der Waals surface area contributed by atoms with Gasteiger partial charge < -0.3 is 14.6 Å². The minimum absolute atomic E-state index is 0.0948. The zero-order valence-corrected chi connectivity index (χ0v) is 14.8. The zero-order chi connectivity index (χ0) is 18.8. The number of ether oxygens (including phenoxy) is 2. The highest BCUT2D eigenvalue weighted by Gasteiger charge is 2.36. The third kappa shape index (κ3) is 3.36. The maximum atomic E-state index is 12.4. The lowest BCUT2D eigenvalue weighted by atomic mass is 10.1. The van der Waals surface area contributed by atoms with Gasteiger partial charge in [0.2, 0.25) is 5.90 Å². The number of phenols is 1. The second-order valence-electron chi connectivity index (χ2n) is 6.48. The Morgan fingerprint density at radius 1 is 1.07 bits per heavy atom. The van der Waals surface area contributed by atoms with Crippen molar-refractivity contribution in [1.29, 1.82) is 0 Å². The lowest BCUT2D eigenvalue weighted by molar-refractivity contribution is -0.147. The van der Waals surface area contributed by atoms with Crippen LogP contribution < -0.4 is 0 Å². The third-order valence-electron chi connectivity index (χ3n) is 4.59. The summed E-state index contributed by atoms with van der Waals surface area (Å²) in [6, 6.07) is 19.9. The van der Waals surface area contributed by atoms with E-state index in [0.717, 1.165) is 10.9 Å². The van der Waals surface area contributed by atoms with Gasteiger partial charge in [0.25, 0.3) is 0 Å². The molecule has 1 aliphatic rings. The van der Waals surface area contributed by atoms with Gasteiger partial charge in [-0.05, 0) is 23.9 Å². The van der Waals surface area contributed by atoms with E-state index < -0.39 is 18.1 Å². The molecule has 5 heteroatoms. The van der Waals surface area contributed by atoms with Crippen LogP contribution in [-0.4, -0.2) is 29.1 Å². The number of carbonyl (C=O) groups is 1. The van der Waals surface area contributed by atoms with E-state index in [9.17, 15) is 9.90 Å². The van der Waals surface area contributed by atoms with Crippen LogP contribution >= 0.6 is 0 Å². The predicted molar refractivity (Wildman–Crippen MR) is 103 cm³/mol. The first-order valence-corrected chi connectivity index (χ1v) is 8.79. The molecule has 1 aliphatic heterocycles. The molecule has 3 aromatic carbocycles. The average Bonchev–Trinajstić information content (AvgIpc) is 3.09. The first-order valence-electron chi connectivity index (χ1n) is 8.79. The van der Waals surface area contributed by atoms with Crippen LogP contribution in [0.2, 0.25) is 0 Å². The molecular formula is C22H19NO4. The molecule has 0 radical (unpaired) electrons. The van der Waals surface area contributed by atoms with Crippen LogP contribution in [0.3, 0.4) is 0 Å². The maximum Gasteiger partial charge on any atom is 0.335 e. The minimum atomic E-state index is -0.755. The summed E-state index contributed by atoms with van der Waals surface area (Å²) in [7, 11) is 0. The molecule has 0 aromatic heterocycles. The van der Waals surface area contributed by atoms with Crippen LogP contribution in [0.1, 0.15) is 18.1 Å². The number of carbonyl (C=O) groups excluding carboxylic acids is 1. The van der Waals surface area contributed by atoms with Crippen molar-refractivity contribution < 1.29 is 19.4 Å². The summed E-state index contributed by atoms with van der Waals surface area (Å²) in [5.41, 5.74) is 1.38. The molecule has 4 rings (SSSR count). The number of nitrogens with zero attached hydrogens (tertiary/aromatic N) is 1. The molecule has 0 aliphatic carbocycles. The second kappa shape index (κ2) is 7.11. The van der Waals surface area contributed by atoms with E-state index in [-0.39, 0.29) is 18.3 Å². The quantitative estimate of drug-likeness (QED) is 0.717. The second-order valence-corrected chi connectivity index (χ2v) is 6.48. The molecule has 1 N–H and O–H groups in total. The first kappa shape index (κ1) is 17.1. The molecule has 27 heavy (non-hydrogen) atoms. The van der Waals surface area contributed by atoms with Crippen LogP contribution in [0.4, 0.5) is 0 Å². The number of aromatic hydroxyl groups is 1. The minimum Gasteiger partial charge on any atom is -0.506 e. The number of benzene rings is 3. The Hall–Kier alpha value is -3.34. The number of aliphatic imine (C=N–C) groups is 1. The number of phenolic OH excluding ortho intramolecular Hbond substituents is 1. The van der Waals surface area contributed by atoms with E-state index in [4.69, 9.17) is 9.47 Å². The number of rotatable bonds is 4. The fraction of sp³-hybridized carbons (Fsp3) is 0.182. The maximum absolute atomic E-state index is 12.4. The van der Waals surface area contributed by atoms with E-state index in [1.165, 1.54) is 0 Å². The number of hydrogen-bond acceptors (Lipinski definition) is 5. The van der Waals surface area contributed by atoms with Crippen molar-refractivity contribution in [2.24, 2.45) is 4.99 Å². The van der Waals surface area contributed by atoms with Crippen molar-refractivity contribution in [3.05, 3.63) is 77.9 Å². The zero-order valence-electron chi connectivity index (χ0n) is 14.8. The Bertz CT molecular complexity index is 1010. The summed E-state index contributed by atoms with van der Waals surface area (Å²) < 4.78 is 11.1. The molecule has 0 spiro atoms. The van der Waals surface area contributed by atoms with Gasteiger partial charge in [-0.15, -0.1) is 0 Å². The van der Waals surface area contributed by atoms with Crippen LogP contribution in [0.5, 0.6) is 5.75 Å². The molecule has 0 saturated carbocycles. The van der Waals surface area contributed by atoms with Gasteiger partial charge in [-0.1, -0.05) is 60.7 Å². The van der Waals surface area contributed by atoms with Gasteiger partial charge in [0, 0.05) is 5.39 Å². The molecule has 0 amide bonds. The predicted octanol–water partition coefficient (Wildman–Crippen LogP) is 3.82. The van der Waals surface area contributed by atoms with Gasteiger partial charge in [0.15, 0.2) is 6.04 Å². The van der Waals surface area contributed by atoms with E-state index >= 15 is 0 Å². The van der Waals surface area contributed by atoms with Crippen molar-refractivity contribution >= 4 is 22.6 Å². The number of hydrogen-bond donors (Lipinski definition) is 1. The molecule has 1 heterocycles. The smallest absolute Gasteiger partial charge is 0.335 e. The Kier molecular flexibility index (Phi) is 4.50. The Balaban J connectivity index is 1.55. The molecule has 136 valence electrons. The van der Waals surface area contributed by atoms with E-state index in [0.29, 0.717) is 10.9 Å². The Labute approximate surface area is 156 Å². The summed E-state index contributed by atoms with van der Waals surface area (Å²) in [6.45, 7) is 1.96. The van der Waals surface area contributed by atoms with Crippen LogP contribution in [0, 0.1) is 0 Å². The van der Waals surface area contributed by atoms with Crippen molar-refractivity contribution in [2.45, 2.75) is 25.7 Å². The van der Waals surface area contributed by atoms with Gasteiger partial charge in [-0.25, -0.2) is 9.79 Å². The van der Waals surface area contributed by atoms with E-state index in [2.05, 4.69) is 4.99 Å². The van der Waals surface area contributed by atoms with E-state index in [1.54, 1.807) is 13.0 Å². The fourth-order valence-electron chi connectivity index (χ4n) is 3.12. The van der Waals surface area contributed by atoms with Crippen LogP contribution in [0.15, 0.2) is 71.7 Å². The number of esters is 1. The van der Waals surface area contributed by atoms with Crippen molar-refractivity contribution in [3.8, 4) is 5.75 Å². The Morgan fingerprint density at radius 2 is 1.81 bits per heavy atom. The lowest BCUT2D eigenvalue weighted by Gasteiger charge is -2.12. The van der Waals surface area contributed by atoms with Gasteiger partial charge in [-0.2, -0.15) is 0 Å². The standard InChI is InChI=1S/C22H19NO4/c1-14-19(22(25)26-13-15-7-3-2-4-8-15)23-21(27-14)18-12-11-16-9-5-6-10-17(16)20(18)24/h2-12,14,19,24H,13H2,1H3/t14-,19-/m0/s1. The topological polar surface area (TPSA) is 68.1 Å². The number of fused-ring (bicyclic) bond motifs is 1. The lowest BCUT2D eigenvalue weighted by Crippen LogP contribution is -2.29. The fourth-order valence-corrected chi connectivity index (χ4v) is 3.12. The molecule has 0 saturated heterocycles. The van der Waals surface area contributed by atoms with Gasteiger partial charge >= 0.3 is 5.97 Å². The molecule has 2 atom stereocenters. The largest absolute Gasteiger partial charge is 0.506 e. The summed E-state index contributed by atoms with van der Waals surface area (Å²) in [5.74, 6) is -0.0913. The van der Waals surface area contributed by atoms with Crippen molar-refractivity contribution in [1.82, 2.24) is 0 Å². The highest BCUT2D eigenvalue weighted by Crippen LogP contribution is 2.31. The average molecular weight is 361 g/mol. The molecule has 3 aromatic rings. The van der Waals surface area contributed by atoms with Gasteiger partial charge in [0.1, 0.15) is 18.5 Å². The molecule has 0 unspecified atom stereocenters. The molecule has 5 nitrogen and oxygen atoms in total. The Morgan fingerprint density at radius 3 is 2.63 bits per heavy atom. The molecule has 0 bridgehead atoms.